The zero-order valence-electron chi connectivity index (χ0n) is 14.2. The molecule has 0 radical (unpaired) electrons. The van der Waals surface area contributed by atoms with Crippen molar-refractivity contribution in [2.75, 3.05) is 0 Å². The molecule has 26 heavy (non-hydrogen) atoms. The maximum Gasteiger partial charge on any atom is 0.267 e. The fourth-order valence-electron chi connectivity index (χ4n) is 3.26. The molecule has 1 saturated heterocycles. The number of hydrogen-bond acceptors (Lipinski definition) is 3. The number of benzene rings is 3. The van der Waals surface area contributed by atoms with Crippen LogP contribution in [0.3, 0.4) is 0 Å². The monoisotopic (exact) mass is 345 g/mol. The van der Waals surface area contributed by atoms with Gasteiger partial charge in [0, 0.05) is 6.54 Å². The number of ether oxygens (including phenoxy) is 1. The fraction of sp³-hybridized carbons (Fsp3) is 0.136. The quantitative estimate of drug-likeness (QED) is 0.713. The Labute approximate surface area is 152 Å². The molecule has 0 aliphatic carbocycles. The molecule has 0 spiro atoms. The lowest BCUT2D eigenvalue weighted by molar-refractivity contribution is -0.165. The summed E-state index contributed by atoms with van der Waals surface area (Å²) in [5.41, 5.74) is 2.14. The van der Waals surface area contributed by atoms with E-state index in [4.69, 9.17) is 4.74 Å². The van der Waals surface area contributed by atoms with Crippen molar-refractivity contribution < 1.29 is 14.6 Å². The SMILES string of the molecule is O=C1[C@H](Oc2ccc(O)cc2)[C@H](c2ccccc2)N1Cc1ccccc1. The summed E-state index contributed by atoms with van der Waals surface area (Å²) in [4.78, 5) is 14.6. The standard InChI is InChI=1S/C22H19NO3/c24-18-11-13-19(14-12-18)26-21-20(17-9-5-2-6-10-17)23(22(21)25)15-16-7-3-1-4-8-16/h1-14,20-21,24H,15H2/t20-,21+/m0/s1. The number of phenols is 1. The smallest absolute Gasteiger partial charge is 0.267 e. The van der Waals surface area contributed by atoms with Crippen LogP contribution in [0.1, 0.15) is 17.2 Å². The van der Waals surface area contributed by atoms with Crippen molar-refractivity contribution in [3.8, 4) is 11.5 Å². The van der Waals surface area contributed by atoms with Crippen LogP contribution in [-0.2, 0) is 11.3 Å². The molecule has 1 heterocycles. The minimum absolute atomic E-state index is 0.0317. The molecule has 1 amide bonds. The van der Waals surface area contributed by atoms with Gasteiger partial charge in [-0.25, -0.2) is 0 Å². The third kappa shape index (κ3) is 3.14. The van der Waals surface area contributed by atoms with Crippen molar-refractivity contribution in [3.05, 3.63) is 96.1 Å². The minimum Gasteiger partial charge on any atom is -0.508 e. The lowest BCUT2D eigenvalue weighted by Gasteiger charge is -2.46. The molecule has 3 aromatic carbocycles. The highest BCUT2D eigenvalue weighted by molar-refractivity contribution is 5.89. The summed E-state index contributed by atoms with van der Waals surface area (Å²) in [6, 6.07) is 26.2. The van der Waals surface area contributed by atoms with Crippen LogP contribution in [-0.4, -0.2) is 22.0 Å². The van der Waals surface area contributed by atoms with Crippen LogP contribution in [0.5, 0.6) is 11.5 Å². The number of nitrogens with zero attached hydrogens (tertiary/aromatic N) is 1. The zero-order chi connectivity index (χ0) is 17.9. The molecule has 0 aromatic heterocycles. The van der Waals surface area contributed by atoms with E-state index in [0.717, 1.165) is 11.1 Å². The van der Waals surface area contributed by atoms with Gasteiger partial charge in [-0.15, -0.1) is 0 Å². The maximum atomic E-state index is 12.8. The van der Waals surface area contributed by atoms with Gasteiger partial charge in [0.15, 0.2) is 0 Å². The van der Waals surface area contributed by atoms with Gasteiger partial charge in [0.2, 0.25) is 6.10 Å². The summed E-state index contributed by atoms with van der Waals surface area (Å²) in [5.74, 6) is 0.708. The number of phenolic OH excluding ortho intramolecular Hbond substituents is 1. The molecule has 4 nitrogen and oxygen atoms in total. The summed E-state index contributed by atoms with van der Waals surface area (Å²) >= 11 is 0. The minimum atomic E-state index is -0.564. The molecule has 0 bridgehead atoms. The first-order chi connectivity index (χ1) is 12.7. The molecule has 1 aliphatic rings. The van der Waals surface area contributed by atoms with Gasteiger partial charge in [0.05, 0.1) is 0 Å². The number of amides is 1. The third-order valence-electron chi connectivity index (χ3n) is 4.59. The molecular formula is C22H19NO3. The van der Waals surface area contributed by atoms with E-state index in [1.165, 1.54) is 0 Å². The average molecular weight is 345 g/mol. The number of carbonyl (C=O) groups is 1. The van der Waals surface area contributed by atoms with Gasteiger partial charge in [-0.1, -0.05) is 60.7 Å². The van der Waals surface area contributed by atoms with E-state index >= 15 is 0 Å². The Morgan fingerprint density at radius 3 is 2.12 bits per heavy atom. The van der Waals surface area contributed by atoms with E-state index in [9.17, 15) is 9.90 Å². The van der Waals surface area contributed by atoms with Gasteiger partial charge < -0.3 is 14.7 Å². The zero-order valence-corrected chi connectivity index (χ0v) is 14.2. The van der Waals surface area contributed by atoms with Gasteiger partial charge >= 0.3 is 0 Å². The van der Waals surface area contributed by atoms with Gasteiger partial charge in [-0.3, -0.25) is 4.79 Å². The third-order valence-corrected chi connectivity index (χ3v) is 4.59. The lowest BCUT2D eigenvalue weighted by atomic mass is 9.90. The molecule has 2 atom stereocenters. The summed E-state index contributed by atoms with van der Waals surface area (Å²) in [6.07, 6.45) is -0.564. The average Bonchev–Trinajstić information content (AvgIpc) is 2.69. The summed E-state index contributed by atoms with van der Waals surface area (Å²) in [5, 5.41) is 9.42. The molecule has 1 N–H and O–H groups in total. The highest BCUT2D eigenvalue weighted by Crippen LogP contribution is 2.38. The Balaban J connectivity index is 1.59. The topological polar surface area (TPSA) is 49.8 Å². The van der Waals surface area contributed by atoms with Crippen molar-refractivity contribution in [1.29, 1.82) is 0 Å². The molecule has 1 fully saturated rings. The molecule has 0 saturated carbocycles. The predicted octanol–water partition coefficient (Wildman–Crippen LogP) is 3.92. The van der Waals surface area contributed by atoms with Crippen LogP contribution in [0.2, 0.25) is 0 Å². The van der Waals surface area contributed by atoms with E-state index in [0.29, 0.717) is 12.3 Å². The van der Waals surface area contributed by atoms with Gasteiger partial charge in [0.25, 0.3) is 5.91 Å². The molecule has 3 aromatic rings. The van der Waals surface area contributed by atoms with Gasteiger partial charge in [0.1, 0.15) is 17.5 Å². The highest BCUT2D eigenvalue weighted by atomic mass is 16.5. The fourth-order valence-corrected chi connectivity index (χ4v) is 3.26. The van der Waals surface area contributed by atoms with Gasteiger partial charge in [-0.05, 0) is 35.4 Å². The Morgan fingerprint density at radius 1 is 0.846 bits per heavy atom. The largest absolute Gasteiger partial charge is 0.508 e. The Kier molecular flexibility index (Phi) is 4.32. The number of carbonyl (C=O) groups excluding carboxylic acids is 1. The normalized spacial score (nSPS) is 19.1. The number of rotatable bonds is 5. The Bertz CT molecular complexity index is 878. The first-order valence-electron chi connectivity index (χ1n) is 8.57. The first kappa shape index (κ1) is 16.2. The van der Waals surface area contributed by atoms with Crippen LogP contribution in [0.25, 0.3) is 0 Å². The molecule has 1 aliphatic heterocycles. The predicted molar refractivity (Wildman–Crippen MR) is 98.7 cm³/mol. The number of hydrogen-bond donors (Lipinski definition) is 1. The second kappa shape index (κ2) is 6.92. The van der Waals surface area contributed by atoms with E-state index < -0.39 is 6.10 Å². The number of aromatic hydroxyl groups is 1. The second-order valence-corrected chi connectivity index (χ2v) is 6.34. The van der Waals surface area contributed by atoms with Crippen LogP contribution >= 0.6 is 0 Å². The Hall–Kier alpha value is -3.27. The first-order valence-corrected chi connectivity index (χ1v) is 8.57. The molecule has 0 unspecified atom stereocenters. The van der Waals surface area contributed by atoms with E-state index in [1.807, 2.05) is 65.6 Å². The summed E-state index contributed by atoms with van der Waals surface area (Å²) in [7, 11) is 0. The van der Waals surface area contributed by atoms with Crippen LogP contribution in [0.15, 0.2) is 84.9 Å². The van der Waals surface area contributed by atoms with Crippen molar-refractivity contribution in [2.45, 2.75) is 18.7 Å². The summed E-state index contributed by atoms with van der Waals surface area (Å²) < 4.78 is 5.95. The van der Waals surface area contributed by atoms with Crippen molar-refractivity contribution in [1.82, 2.24) is 4.90 Å². The molecule has 4 rings (SSSR count). The van der Waals surface area contributed by atoms with Crippen LogP contribution in [0, 0.1) is 0 Å². The number of β-lactam (4-membered cyclic amide) rings is 1. The van der Waals surface area contributed by atoms with Crippen molar-refractivity contribution in [3.63, 3.8) is 0 Å². The highest BCUT2D eigenvalue weighted by Gasteiger charge is 2.49. The van der Waals surface area contributed by atoms with Crippen molar-refractivity contribution >= 4 is 5.91 Å². The Morgan fingerprint density at radius 2 is 1.46 bits per heavy atom. The van der Waals surface area contributed by atoms with E-state index in [1.54, 1.807) is 24.3 Å². The molecule has 4 heteroatoms. The van der Waals surface area contributed by atoms with Crippen molar-refractivity contribution in [2.24, 2.45) is 0 Å². The maximum absolute atomic E-state index is 12.8. The van der Waals surface area contributed by atoms with E-state index in [2.05, 4.69) is 0 Å². The van der Waals surface area contributed by atoms with E-state index in [-0.39, 0.29) is 17.7 Å². The number of likely N-dealkylation sites (tertiary alicyclic amines) is 1. The summed E-state index contributed by atoms with van der Waals surface area (Å²) in [6.45, 7) is 0.550. The second-order valence-electron chi connectivity index (χ2n) is 6.34. The molecular weight excluding hydrogens is 326 g/mol. The lowest BCUT2D eigenvalue weighted by Crippen LogP contribution is -2.60. The van der Waals surface area contributed by atoms with Gasteiger partial charge in [-0.2, -0.15) is 0 Å². The molecule has 130 valence electrons. The van der Waals surface area contributed by atoms with Crippen LogP contribution in [0.4, 0.5) is 0 Å². The van der Waals surface area contributed by atoms with Crippen LogP contribution < -0.4 is 4.74 Å².